The zero-order chi connectivity index (χ0) is 24.3. The molecule has 2 atom stereocenters. The summed E-state index contributed by atoms with van der Waals surface area (Å²) in [5, 5.41) is 3.00. The zero-order valence-corrected chi connectivity index (χ0v) is 20.0. The Bertz CT molecular complexity index is 964. The molecule has 0 radical (unpaired) electrons. The number of ether oxygens (including phenoxy) is 1. The number of hydrogen-bond donors (Lipinski definition) is 1. The minimum Gasteiger partial charge on any atom is -0.372 e. The van der Waals surface area contributed by atoms with Crippen molar-refractivity contribution in [2.75, 3.05) is 43.4 Å². The molecule has 4 rings (SSSR count). The van der Waals surface area contributed by atoms with Crippen molar-refractivity contribution in [1.29, 1.82) is 0 Å². The first-order valence-electron chi connectivity index (χ1n) is 12.0. The normalized spacial score (nSPS) is 22.7. The van der Waals surface area contributed by atoms with Gasteiger partial charge in [0.2, 0.25) is 5.95 Å². The summed E-state index contributed by atoms with van der Waals surface area (Å²) in [6.07, 6.45) is 0.800. The number of rotatable bonds is 6. The number of aromatic nitrogens is 3. The molecule has 10 heteroatoms. The molecule has 0 bridgehead atoms. The van der Waals surface area contributed by atoms with Gasteiger partial charge in [-0.05, 0) is 58.5 Å². The number of likely N-dealkylation sites (tertiary alicyclic amines) is 1. The van der Waals surface area contributed by atoms with Crippen molar-refractivity contribution in [3.63, 3.8) is 0 Å². The maximum Gasteiger partial charge on any atom is 0.416 e. The highest BCUT2D eigenvalue weighted by molar-refractivity contribution is 5.55. The highest BCUT2D eigenvalue weighted by Gasteiger charge is 2.31. The second kappa shape index (κ2) is 10.4. The fourth-order valence-corrected chi connectivity index (χ4v) is 4.67. The molecule has 0 amide bonds. The Morgan fingerprint density at radius 3 is 2.59 bits per heavy atom. The third kappa shape index (κ3) is 6.15. The van der Waals surface area contributed by atoms with Gasteiger partial charge in [0.1, 0.15) is 11.6 Å². The summed E-state index contributed by atoms with van der Waals surface area (Å²) in [5.41, 5.74) is 0.165. The van der Waals surface area contributed by atoms with Crippen molar-refractivity contribution in [2.24, 2.45) is 0 Å². The largest absolute Gasteiger partial charge is 0.416 e. The van der Waals surface area contributed by atoms with Crippen molar-refractivity contribution in [1.82, 2.24) is 19.9 Å². The average molecular weight is 479 g/mol. The molecule has 2 unspecified atom stereocenters. The van der Waals surface area contributed by atoms with Gasteiger partial charge >= 0.3 is 6.18 Å². The Balaban J connectivity index is 1.65. The molecular weight excluding hydrogens is 445 g/mol. The summed E-state index contributed by atoms with van der Waals surface area (Å²) >= 11 is 0. The number of alkyl halides is 3. The van der Waals surface area contributed by atoms with Crippen LogP contribution in [0.1, 0.15) is 56.7 Å². The smallest absolute Gasteiger partial charge is 0.372 e. The Kier molecular flexibility index (Phi) is 7.57. The van der Waals surface area contributed by atoms with Crippen LogP contribution in [-0.4, -0.2) is 65.3 Å². The summed E-state index contributed by atoms with van der Waals surface area (Å²) < 4.78 is 45.6. The number of morpholine rings is 1. The maximum atomic E-state index is 13.2. The average Bonchev–Trinajstić information content (AvgIpc) is 2.79. The Hall–Kier alpha value is -2.46. The topological polar surface area (TPSA) is 66.4 Å². The van der Waals surface area contributed by atoms with Gasteiger partial charge in [-0.2, -0.15) is 18.2 Å². The van der Waals surface area contributed by atoms with Gasteiger partial charge in [-0.3, -0.25) is 0 Å². The van der Waals surface area contributed by atoms with Crippen LogP contribution in [0.2, 0.25) is 0 Å². The summed E-state index contributed by atoms with van der Waals surface area (Å²) in [4.78, 5) is 18.1. The first-order valence-corrected chi connectivity index (χ1v) is 12.0. The van der Waals surface area contributed by atoms with Gasteiger partial charge in [0.25, 0.3) is 0 Å². The van der Waals surface area contributed by atoms with Crippen LogP contribution in [0.4, 0.5) is 30.8 Å². The van der Waals surface area contributed by atoms with E-state index in [1.807, 2.05) is 13.0 Å². The van der Waals surface area contributed by atoms with E-state index in [2.05, 4.69) is 34.1 Å². The van der Waals surface area contributed by atoms with Gasteiger partial charge in [-0.15, -0.1) is 0 Å². The first kappa shape index (κ1) is 24.7. The van der Waals surface area contributed by atoms with Crippen LogP contribution in [0.3, 0.4) is 0 Å². The van der Waals surface area contributed by atoms with Crippen LogP contribution in [0, 0.1) is 0 Å². The molecule has 1 N–H and O–H groups in total. The second-order valence-electron chi connectivity index (χ2n) is 9.37. The van der Waals surface area contributed by atoms with E-state index in [0.29, 0.717) is 24.9 Å². The van der Waals surface area contributed by atoms with Gasteiger partial charge in [-0.25, -0.2) is 9.97 Å². The monoisotopic (exact) mass is 478 g/mol. The second-order valence-corrected chi connectivity index (χ2v) is 9.37. The maximum absolute atomic E-state index is 13.2. The lowest BCUT2D eigenvalue weighted by atomic mass is 9.93. The lowest BCUT2D eigenvalue weighted by molar-refractivity contribution is -0.137. The number of hydrogen-bond acceptors (Lipinski definition) is 7. The van der Waals surface area contributed by atoms with Crippen molar-refractivity contribution >= 4 is 17.6 Å². The van der Waals surface area contributed by atoms with Gasteiger partial charge < -0.3 is 19.9 Å². The van der Waals surface area contributed by atoms with Crippen LogP contribution in [0.15, 0.2) is 24.4 Å². The van der Waals surface area contributed by atoms with Gasteiger partial charge in [0.05, 0.1) is 23.5 Å². The summed E-state index contributed by atoms with van der Waals surface area (Å²) in [5.74, 6) is 1.42. The van der Waals surface area contributed by atoms with Crippen LogP contribution in [-0.2, 0) is 10.9 Å². The molecule has 2 aromatic heterocycles. The van der Waals surface area contributed by atoms with Crippen molar-refractivity contribution in [3.05, 3.63) is 35.7 Å². The van der Waals surface area contributed by atoms with Crippen molar-refractivity contribution in [2.45, 2.75) is 63.8 Å². The minimum absolute atomic E-state index is 0.0439. The van der Waals surface area contributed by atoms with E-state index in [1.165, 1.54) is 0 Å². The molecule has 0 aromatic carbocycles. The molecule has 2 saturated heterocycles. The van der Waals surface area contributed by atoms with E-state index in [1.54, 1.807) is 0 Å². The molecule has 0 saturated carbocycles. The van der Waals surface area contributed by atoms with E-state index in [9.17, 15) is 13.2 Å². The van der Waals surface area contributed by atoms with Crippen molar-refractivity contribution in [3.8, 4) is 0 Å². The lowest BCUT2D eigenvalue weighted by Crippen LogP contribution is -2.47. The molecule has 4 heterocycles. The number of halogens is 3. The zero-order valence-electron chi connectivity index (χ0n) is 20.0. The Morgan fingerprint density at radius 2 is 1.88 bits per heavy atom. The fourth-order valence-electron chi connectivity index (χ4n) is 4.67. The van der Waals surface area contributed by atoms with Crippen molar-refractivity contribution < 1.29 is 17.9 Å². The predicted octanol–water partition coefficient (Wildman–Crippen LogP) is 4.84. The summed E-state index contributed by atoms with van der Waals surface area (Å²) in [6.45, 7) is 7.49. The third-order valence-electron chi connectivity index (χ3n) is 6.43. The molecule has 2 aliphatic heterocycles. The van der Waals surface area contributed by atoms with Crippen LogP contribution in [0.25, 0.3) is 0 Å². The molecule has 2 aromatic rings. The molecule has 0 aliphatic carbocycles. The fraction of sp³-hybridized carbons (Fsp3) is 0.625. The Morgan fingerprint density at radius 1 is 1.12 bits per heavy atom. The molecule has 7 nitrogen and oxygen atoms in total. The number of nitrogens with one attached hydrogen (secondary N) is 1. The van der Waals surface area contributed by atoms with E-state index in [4.69, 9.17) is 14.7 Å². The predicted molar refractivity (Wildman–Crippen MR) is 125 cm³/mol. The van der Waals surface area contributed by atoms with Gasteiger partial charge in [0.15, 0.2) is 0 Å². The van der Waals surface area contributed by atoms with Crippen LogP contribution < -0.4 is 10.2 Å². The van der Waals surface area contributed by atoms with Gasteiger partial charge in [0, 0.05) is 31.3 Å². The number of anilines is 3. The van der Waals surface area contributed by atoms with Crippen LogP contribution in [0.5, 0.6) is 0 Å². The number of nitrogens with zero attached hydrogens (tertiary/aromatic N) is 5. The first-order chi connectivity index (χ1) is 16.2. The van der Waals surface area contributed by atoms with E-state index in [0.717, 1.165) is 62.8 Å². The quantitative estimate of drug-likeness (QED) is 0.638. The number of pyridine rings is 1. The Labute approximate surface area is 198 Å². The summed E-state index contributed by atoms with van der Waals surface area (Å²) in [7, 11) is 2.11. The van der Waals surface area contributed by atoms with E-state index in [-0.39, 0.29) is 23.9 Å². The van der Waals surface area contributed by atoms with E-state index >= 15 is 0 Å². The third-order valence-corrected chi connectivity index (χ3v) is 6.43. The molecule has 2 aliphatic rings. The molecule has 0 spiro atoms. The van der Waals surface area contributed by atoms with E-state index < -0.39 is 11.7 Å². The number of piperidine rings is 1. The summed E-state index contributed by atoms with van der Waals surface area (Å²) in [6, 6.07) is 3.82. The SMILES string of the molecule is CCCC1CN(c2nc(Nc3cc(C(F)(F)F)ccn3)cc(C3CCN(C)CC3)n2)CC(C)O1. The molecule has 2 fully saturated rings. The van der Waals surface area contributed by atoms with Crippen LogP contribution >= 0.6 is 0 Å². The standard InChI is InChI=1S/C24H33F3N6O/c1-4-5-19-15-33(14-16(2)34-19)23-29-20(17-7-10-32(3)11-8-17)13-22(31-23)30-21-12-18(6-9-28-21)24(25,26)27/h6,9,12-13,16-17,19H,4-5,7-8,10-11,14-15H2,1-3H3,(H,28,29,30,31). The molecular formula is C24H33F3N6O. The molecule has 34 heavy (non-hydrogen) atoms. The van der Waals surface area contributed by atoms with Gasteiger partial charge in [-0.1, -0.05) is 13.3 Å². The minimum atomic E-state index is -4.44. The highest BCUT2D eigenvalue weighted by Crippen LogP contribution is 2.32. The lowest BCUT2D eigenvalue weighted by Gasteiger charge is -2.37. The highest BCUT2D eigenvalue weighted by atomic mass is 19.4. The molecule has 186 valence electrons.